The number of carbonyl (C=O) groups excluding carboxylic acids is 1. The van der Waals surface area contributed by atoms with Gasteiger partial charge in [0.2, 0.25) is 5.91 Å². The van der Waals surface area contributed by atoms with Gasteiger partial charge in [-0.15, -0.1) is 0 Å². The van der Waals surface area contributed by atoms with E-state index < -0.39 is 0 Å². The molecule has 0 saturated heterocycles. The third-order valence-electron chi connectivity index (χ3n) is 4.13. The summed E-state index contributed by atoms with van der Waals surface area (Å²) >= 11 is 1.22. The van der Waals surface area contributed by atoms with E-state index in [1.807, 2.05) is 0 Å². The Morgan fingerprint density at radius 3 is 2.33 bits per heavy atom. The van der Waals surface area contributed by atoms with Crippen molar-refractivity contribution in [3.63, 3.8) is 0 Å². The third kappa shape index (κ3) is 5.12. The largest absolute Gasteiger partial charge is 0.497 e. The molecule has 1 N–H and O–H groups in total. The topological polar surface area (TPSA) is 91.7 Å². The van der Waals surface area contributed by atoms with Crippen LogP contribution in [0.4, 0.5) is 5.69 Å². The molecule has 0 aliphatic heterocycles. The molecule has 0 spiro atoms. The molecule has 2 aromatic carbocycles. The zero-order chi connectivity index (χ0) is 21.5. The molecule has 1 amide bonds. The zero-order valence-electron chi connectivity index (χ0n) is 16.7. The van der Waals surface area contributed by atoms with E-state index in [9.17, 15) is 9.59 Å². The fourth-order valence-electron chi connectivity index (χ4n) is 2.61. The number of methoxy groups -OCH3 is 3. The second-order valence-electron chi connectivity index (χ2n) is 6.02. The maximum atomic E-state index is 12.4. The summed E-state index contributed by atoms with van der Waals surface area (Å²) in [6.07, 6.45) is 0. The van der Waals surface area contributed by atoms with Crippen LogP contribution in [-0.4, -0.2) is 42.8 Å². The van der Waals surface area contributed by atoms with Crippen molar-refractivity contribution in [2.75, 3.05) is 32.4 Å². The van der Waals surface area contributed by atoms with Crippen LogP contribution in [0.25, 0.3) is 5.69 Å². The minimum absolute atomic E-state index is 0.114. The van der Waals surface area contributed by atoms with Gasteiger partial charge in [0, 0.05) is 12.1 Å². The van der Waals surface area contributed by atoms with Crippen molar-refractivity contribution in [3.05, 3.63) is 65.0 Å². The van der Waals surface area contributed by atoms with Crippen molar-refractivity contribution in [2.24, 2.45) is 0 Å². The van der Waals surface area contributed by atoms with Gasteiger partial charge in [0.1, 0.15) is 22.3 Å². The van der Waals surface area contributed by atoms with Crippen LogP contribution in [0, 0.1) is 0 Å². The van der Waals surface area contributed by atoms with Crippen molar-refractivity contribution in [1.82, 2.24) is 9.78 Å². The lowest BCUT2D eigenvalue weighted by molar-refractivity contribution is -0.113. The number of amides is 1. The summed E-state index contributed by atoms with van der Waals surface area (Å²) in [6.45, 7) is 0. The normalized spacial score (nSPS) is 10.4. The minimum Gasteiger partial charge on any atom is -0.497 e. The molecule has 0 fully saturated rings. The number of carbonyl (C=O) groups is 1. The molecule has 0 unspecified atom stereocenters. The van der Waals surface area contributed by atoms with Crippen molar-refractivity contribution in [3.8, 4) is 22.9 Å². The number of anilines is 1. The molecule has 30 heavy (non-hydrogen) atoms. The van der Waals surface area contributed by atoms with Gasteiger partial charge in [0.05, 0.1) is 38.5 Å². The molecule has 9 heteroatoms. The van der Waals surface area contributed by atoms with Gasteiger partial charge >= 0.3 is 0 Å². The highest BCUT2D eigenvalue weighted by atomic mass is 32.2. The molecule has 1 aromatic heterocycles. The van der Waals surface area contributed by atoms with E-state index in [4.69, 9.17) is 14.2 Å². The van der Waals surface area contributed by atoms with Crippen LogP contribution in [0.2, 0.25) is 0 Å². The summed E-state index contributed by atoms with van der Waals surface area (Å²) in [6, 6.07) is 15.1. The Labute approximate surface area is 177 Å². The van der Waals surface area contributed by atoms with Gasteiger partial charge in [-0.1, -0.05) is 11.8 Å². The highest BCUT2D eigenvalue weighted by Gasteiger charge is 2.11. The number of rotatable bonds is 8. The Morgan fingerprint density at radius 2 is 1.67 bits per heavy atom. The first-order valence-corrected chi connectivity index (χ1v) is 9.92. The van der Waals surface area contributed by atoms with Gasteiger partial charge in [-0.25, -0.2) is 0 Å². The van der Waals surface area contributed by atoms with Gasteiger partial charge in [-0.2, -0.15) is 9.78 Å². The molecule has 0 bridgehead atoms. The van der Waals surface area contributed by atoms with E-state index in [2.05, 4.69) is 10.4 Å². The van der Waals surface area contributed by atoms with Crippen LogP contribution in [-0.2, 0) is 4.79 Å². The van der Waals surface area contributed by atoms with E-state index in [1.165, 1.54) is 29.6 Å². The lowest BCUT2D eigenvalue weighted by atomic mass is 10.2. The van der Waals surface area contributed by atoms with Gasteiger partial charge in [-0.05, 0) is 42.5 Å². The molecule has 156 valence electrons. The molecule has 3 rings (SSSR count). The molecule has 3 aromatic rings. The summed E-state index contributed by atoms with van der Waals surface area (Å²) in [7, 11) is 4.65. The van der Waals surface area contributed by atoms with Crippen LogP contribution < -0.4 is 25.1 Å². The van der Waals surface area contributed by atoms with Crippen molar-refractivity contribution < 1.29 is 19.0 Å². The van der Waals surface area contributed by atoms with Crippen molar-refractivity contribution in [2.45, 2.75) is 5.03 Å². The molecule has 0 aliphatic rings. The average Bonchev–Trinajstić information content (AvgIpc) is 2.79. The van der Waals surface area contributed by atoms with Crippen LogP contribution in [0.5, 0.6) is 17.2 Å². The standard InChI is InChI=1S/C21H21N3O5S/c1-27-15-6-4-14(5-7-15)24-21(26)11-10-20(23-24)30-13-19(25)22-17-9-8-16(28-2)12-18(17)29-3/h4-12H,13H2,1-3H3,(H,22,25). The Balaban J connectivity index is 1.68. The molecule has 0 saturated carbocycles. The first-order valence-electron chi connectivity index (χ1n) is 8.93. The zero-order valence-corrected chi connectivity index (χ0v) is 17.6. The maximum Gasteiger partial charge on any atom is 0.271 e. The number of thioether (sulfide) groups is 1. The van der Waals surface area contributed by atoms with E-state index in [0.29, 0.717) is 33.6 Å². The van der Waals surface area contributed by atoms with Gasteiger partial charge in [0.15, 0.2) is 0 Å². The SMILES string of the molecule is COc1ccc(-n2nc(SCC(=O)Nc3ccc(OC)cc3OC)ccc2=O)cc1. The summed E-state index contributed by atoms with van der Waals surface area (Å²) in [4.78, 5) is 24.6. The molecular weight excluding hydrogens is 406 g/mol. The van der Waals surface area contributed by atoms with Crippen LogP contribution >= 0.6 is 11.8 Å². The molecule has 1 heterocycles. The van der Waals surface area contributed by atoms with Crippen molar-refractivity contribution in [1.29, 1.82) is 0 Å². The monoisotopic (exact) mass is 427 g/mol. The molecule has 0 aliphatic carbocycles. The number of nitrogens with one attached hydrogen (secondary N) is 1. The van der Waals surface area contributed by atoms with Gasteiger partial charge in [-0.3, -0.25) is 9.59 Å². The lowest BCUT2D eigenvalue weighted by Crippen LogP contribution is -2.21. The van der Waals surface area contributed by atoms with Gasteiger partial charge in [0.25, 0.3) is 5.56 Å². The number of benzene rings is 2. The van der Waals surface area contributed by atoms with Crippen LogP contribution in [0.1, 0.15) is 0 Å². The molecule has 0 radical (unpaired) electrons. The first kappa shape index (κ1) is 21.3. The second kappa shape index (κ2) is 9.84. The second-order valence-corrected chi connectivity index (χ2v) is 7.02. The summed E-state index contributed by atoms with van der Waals surface area (Å²) in [5, 5.41) is 7.69. The van der Waals surface area contributed by atoms with Crippen molar-refractivity contribution >= 4 is 23.4 Å². The highest BCUT2D eigenvalue weighted by molar-refractivity contribution is 7.99. The minimum atomic E-state index is -0.267. The Bertz CT molecular complexity index is 1080. The van der Waals surface area contributed by atoms with E-state index in [1.54, 1.807) is 62.8 Å². The van der Waals surface area contributed by atoms with E-state index in [0.717, 1.165) is 0 Å². The quantitative estimate of drug-likeness (QED) is 0.553. The fourth-order valence-corrected chi connectivity index (χ4v) is 3.26. The summed E-state index contributed by atoms with van der Waals surface area (Å²) in [5.41, 5.74) is 0.882. The Kier molecular flexibility index (Phi) is 6.97. The average molecular weight is 427 g/mol. The van der Waals surface area contributed by atoms with E-state index in [-0.39, 0.29) is 17.2 Å². The predicted octanol–water partition coefficient (Wildman–Crippen LogP) is 2.99. The summed E-state index contributed by atoms with van der Waals surface area (Å²) in [5.74, 6) is 1.70. The fraction of sp³-hybridized carbons (Fsp3) is 0.190. The number of aromatic nitrogens is 2. The lowest BCUT2D eigenvalue weighted by Gasteiger charge is -2.11. The Hall–Kier alpha value is -3.46. The Morgan fingerprint density at radius 1 is 0.967 bits per heavy atom. The maximum absolute atomic E-state index is 12.4. The van der Waals surface area contributed by atoms with Gasteiger partial charge < -0.3 is 19.5 Å². The third-order valence-corrected chi connectivity index (χ3v) is 5.05. The number of hydrogen-bond donors (Lipinski definition) is 1. The number of ether oxygens (including phenoxy) is 3. The predicted molar refractivity (Wildman–Crippen MR) is 115 cm³/mol. The number of nitrogens with zero attached hydrogens (tertiary/aromatic N) is 2. The molecular formula is C21H21N3O5S. The smallest absolute Gasteiger partial charge is 0.271 e. The van der Waals surface area contributed by atoms with E-state index >= 15 is 0 Å². The first-order chi connectivity index (χ1) is 14.5. The molecule has 8 nitrogen and oxygen atoms in total. The highest BCUT2D eigenvalue weighted by Crippen LogP contribution is 2.29. The molecule has 0 atom stereocenters. The van der Waals surface area contributed by atoms with Crippen LogP contribution in [0.3, 0.4) is 0 Å². The van der Waals surface area contributed by atoms with Crippen LogP contribution in [0.15, 0.2) is 64.4 Å². The summed E-state index contributed by atoms with van der Waals surface area (Å²) < 4.78 is 16.9. The number of hydrogen-bond acceptors (Lipinski definition) is 7.